The number of anilines is 2. The molecule has 3 atom stereocenters. The molecule has 0 fully saturated rings. The van der Waals surface area contributed by atoms with Gasteiger partial charge in [0.2, 0.25) is 0 Å². The lowest BCUT2D eigenvalue weighted by Crippen LogP contribution is -2.30. The molecule has 0 bridgehead atoms. The van der Waals surface area contributed by atoms with Gasteiger partial charge in [-0.3, -0.25) is 4.72 Å². The molecule has 1 aliphatic carbocycles. The van der Waals surface area contributed by atoms with Crippen LogP contribution in [0.3, 0.4) is 0 Å². The van der Waals surface area contributed by atoms with E-state index in [9.17, 15) is 13.2 Å². The lowest BCUT2D eigenvalue weighted by Gasteiger charge is -2.38. The van der Waals surface area contributed by atoms with Crippen molar-refractivity contribution in [3.05, 3.63) is 124 Å². The molecule has 4 aromatic carbocycles. The minimum absolute atomic E-state index is 0.00212. The second-order valence-corrected chi connectivity index (χ2v) is 12.1. The van der Waals surface area contributed by atoms with Crippen LogP contribution in [0.4, 0.5) is 11.4 Å². The van der Waals surface area contributed by atoms with Crippen LogP contribution in [0.25, 0.3) is 0 Å². The van der Waals surface area contributed by atoms with E-state index < -0.39 is 10.0 Å². The maximum Gasteiger partial charge on any atom is 0.337 e. The minimum Gasteiger partial charge on any atom is -0.465 e. The Morgan fingerprint density at radius 3 is 2.41 bits per heavy atom. The molecular weight excluding hydrogens is 508 g/mol. The Labute approximate surface area is 229 Å². The lowest BCUT2D eigenvalue weighted by atomic mass is 9.75. The first-order valence-corrected chi connectivity index (χ1v) is 14.5. The van der Waals surface area contributed by atoms with Crippen molar-refractivity contribution in [2.75, 3.05) is 17.1 Å². The van der Waals surface area contributed by atoms with E-state index in [1.54, 1.807) is 24.3 Å². The summed E-state index contributed by atoms with van der Waals surface area (Å²) in [5.74, 6) is -0.137. The Kier molecular flexibility index (Phi) is 6.19. The third kappa shape index (κ3) is 4.46. The first kappa shape index (κ1) is 25.2. The molecule has 7 heteroatoms. The van der Waals surface area contributed by atoms with Crippen LogP contribution in [-0.2, 0) is 21.2 Å². The monoisotopic (exact) mass is 538 g/mol. The molecule has 0 amide bonds. The van der Waals surface area contributed by atoms with Crippen molar-refractivity contribution in [3.8, 4) is 0 Å². The number of hydrogen-bond donors (Lipinski definition) is 2. The molecule has 2 aliphatic rings. The molecule has 3 unspecified atom stereocenters. The summed E-state index contributed by atoms with van der Waals surface area (Å²) in [5, 5.41) is 3.69. The van der Waals surface area contributed by atoms with E-state index in [0.29, 0.717) is 11.3 Å². The number of rotatable bonds is 5. The van der Waals surface area contributed by atoms with Gasteiger partial charge in [0.1, 0.15) is 0 Å². The lowest BCUT2D eigenvalue weighted by molar-refractivity contribution is 0.0600. The van der Waals surface area contributed by atoms with Crippen molar-refractivity contribution in [2.24, 2.45) is 5.92 Å². The first-order chi connectivity index (χ1) is 18.7. The van der Waals surface area contributed by atoms with Gasteiger partial charge in [0.15, 0.2) is 0 Å². The van der Waals surface area contributed by atoms with E-state index in [1.807, 2.05) is 56.3 Å². The molecule has 6 rings (SSSR count). The van der Waals surface area contributed by atoms with Crippen LogP contribution < -0.4 is 10.0 Å². The molecule has 0 saturated carbocycles. The average molecular weight is 539 g/mol. The number of nitrogens with one attached hydrogen (secondary N) is 2. The van der Waals surface area contributed by atoms with Crippen molar-refractivity contribution in [2.45, 2.75) is 37.1 Å². The Morgan fingerprint density at radius 1 is 0.897 bits per heavy atom. The van der Waals surface area contributed by atoms with Gasteiger partial charge < -0.3 is 10.1 Å². The molecule has 0 spiro atoms. The van der Waals surface area contributed by atoms with Crippen LogP contribution in [0.15, 0.2) is 89.8 Å². The van der Waals surface area contributed by atoms with Crippen LogP contribution in [0, 0.1) is 19.8 Å². The zero-order valence-corrected chi connectivity index (χ0v) is 22.9. The third-order valence-corrected chi connectivity index (χ3v) is 9.51. The van der Waals surface area contributed by atoms with E-state index >= 15 is 0 Å². The summed E-state index contributed by atoms with van der Waals surface area (Å²) in [6.45, 7) is 3.97. The first-order valence-electron chi connectivity index (χ1n) is 13.0. The summed E-state index contributed by atoms with van der Waals surface area (Å²) in [6.07, 6.45) is 0.870. The van der Waals surface area contributed by atoms with Crippen LogP contribution in [0.2, 0.25) is 0 Å². The summed E-state index contributed by atoms with van der Waals surface area (Å²) in [7, 11) is -2.41. The van der Waals surface area contributed by atoms with Crippen LogP contribution in [0.5, 0.6) is 0 Å². The van der Waals surface area contributed by atoms with Crippen LogP contribution in [0.1, 0.15) is 55.7 Å². The normalized spacial score (nSPS) is 19.3. The fourth-order valence-corrected chi connectivity index (χ4v) is 7.08. The van der Waals surface area contributed by atoms with Crippen molar-refractivity contribution >= 4 is 27.4 Å². The quantitative estimate of drug-likeness (QED) is 0.289. The van der Waals surface area contributed by atoms with Gasteiger partial charge in [-0.25, -0.2) is 13.2 Å². The summed E-state index contributed by atoms with van der Waals surface area (Å²) in [5.41, 5.74) is 8.68. The predicted octanol–water partition coefficient (Wildman–Crippen LogP) is 6.36. The van der Waals surface area contributed by atoms with Crippen molar-refractivity contribution in [3.63, 3.8) is 0 Å². The molecule has 6 nitrogen and oxygen atoms in total. The maximum absolute atomic E-state index is 13.4. The summed E-state index contributed by atoms with van der Waals surface area (Å²) in [4.78, 5) is 12.2. The number of carbonyl (C=O) groups excluding carboxylic acids is 1. The standard InChI is InChI=1S/C32H30N2O4S/c1-19-8-13-24(16-20(19)2)34-39(36,37)25-14-15-29-27(18-25)30-26-7-5-4-6-23(26)17-28(30)31(33-29)21-9-11-22(12-10-21)32(35)38-3/h4-16,18,28,30-31,33-34H,17H2,1-3H3. The third-order valence-electron chi connectivity index (χ3n) is 8.13. The highest BCUT2D eigenvalue weighted by atomic mass is 32.2. The minimum atomic E-state index is -3.79. The smallest absolute Gasteiger partial charge is 0.337 e. The number of sulfonamides is 1. The number of fused-ring (bicyclic) bond motifs is 5. The molecule has 0 aromatic heterocycles. The second-order valence-electron chi connectivity index (χ2n) is 10.4. The van der Waals surface area contributed by atoms with Gasteiger partial charge in [0.05, 0.1) is 23.6 Å². The molecule has 1 aliphatic heterocycles. The highest BCUT2D eigenvalue weighted by Gasteiger charge is 2.43. The van der Waals surface area contributed by atoms with E-state index in [1.165, 1.54) is 18.2 Å². The van der Waals surface area contributed by atoms with Gasteiger partial charge in [-0.15, -0.1) is 0 Å². The summed E-state index contributed by atoms with van der Waals surface area (Å²) < 4.78 is 34.5. The van der Waals surface area contributed by atoms with Crippen molar-refractivity contribution in [1.29, 1.82) is 0 Å². The molecule has 0 radical (unpaired) electrons. The number of aryl methyl sites for hydroxylation is 2. The van der Waals surface area contributed by atoms with Crippen LogP contribution >= 0.6 is 0 Å². The number of hydrogen-bond acceptors (Lipinski definition) is 5. The summed E-state index contributed by atoms with van der Waals surface area (Å²) >= 11 is 0. The molecule has 198 valence electrons. The van der Waals surface area contributed by atoms with Gasteiger partial charge in [-0.2, -0.15) is 0 Å². The fourth-order valence-electron chi connectivity index (χ4n) is 6.00. The Morgan fingerprint density at radius 2 is 1.67 bits per heavy atom. The van der Waals surface area contributed by atoms with Crippen molar-refractivity contribution in [1.82, 2.24) is 0 Å². The average Bonchev–Trinajstić information content (AvgIpc) is 3.34. The van der Waals surface area contributed by atoms with Gasteiger partial charge in [-0.1, -0.05) is 42.5 Å². The molecule has 39 heavy (non-hydrogen) atoms. The highest BCUT2D eigenvalue weighted by molar-refractivity contribution is 7.92. The Hall–Kier alpha value is -4.10. The Balaban J connectivity index is 1.39. The molecule has 2 N–H and O–H groups in total. The highest BCUT2D eigenvalue weighted by Crippen LogP contribution is 2.54. The van der Waals surface area contributed by atoms with E-state index in [0.717, 1.165) is 34.4 Å². The zero-order valence-electron chi connectivity index (χ0n) is 22.1. The summed E-state index contributed by atoms with van der Waals surface area (Å²) in [6, 6.07) is 26.9. The maximum atomic E-state index is 13.4. The largest absolute Gasteiger partial charge is 0.465 e. The molecular formula is C32H30N2O4S. The van der Waals surface area contributed by atoms with Gasteiger partial charge in [-0.05, 0) is 102 Å². The zero-order chi connectivity index (χ0) is 27.3. The molecule has 0 saturated heterocycles. The molecule has 4 aromatic rings. The fraction of sp³-hybridized carbons (Fsp3) is 0.219. The second kappa shape index (κ2) is 9.58. The van der Waals surface area contributed by atoms with Crippen molar-refractivity contribution < 1.29 is 17.9 Å². The van der Waals surface area contributed by atoms with Gasteiger partial charge >= 0.3 is 5.97 Å². The number of ether oxygens (including phenoxy) is 1. The molecule has 1 heterocycles. The topological polar surface area (TPSA) is 84.5 Å². The van der Waals surface area contributed by atoms with Gasteiger partial charge in [0.25, 0.3) is 10.0 Å². The Bertz CT molecular complexity index is 1700. The van der Waals surface area contributed by atoms with Gasteiger partial charge in [0, 0.05) is 17.3 Å². The predicted molar refractivity (Wildman–Crippen MR) is 153 cm³/mol. The van der Waals surface area contributed by atoms with E-state index in [4.69, 9.17) is 4.74 Å². The number of carbonyl (C=O) groups is 1. The SMILES string of the molecule is COC(=O)c1ccc(C2Nc3ccc(S(=O)(=O)Nc4ccc(C)c(C)c4)cc3C3c4ccccc4CC23)cc1. The number of benzene rings is 4. The number of esters is 1. The number of methoxy groups -OCH3 is 1. The van der Waals surface area contributed by atoms with E-state index in [-0.39, 0.29) is 28.7 Å². The van der Waals surface area contributed by atoms with Crippen LogP contribution in [-0.4, -0.2) is 21.5 Å². The van der Waals surface area contributed by atoms with E-state index in [2.05, 4.69) is 28.2 Å².